The van der Waals surface area contributed by atoms with Crippen LogP contribution in [0.25, 0.3) is 0 Å². The number of rotatable bonds is 5. The van der Waals surface area contributed by atoms with E-state index in [-0.39, 0.29) is 6.42 Å². The summed E-state index contributed by atoms with van der Waals surface area (Å²) >= 11 is 0. The van der Waals surface area contributed by atoms with Gasteiger partial charge in [-0.15, -0.1) is 10.9 Å². The monoisotopic (exact) mass is 451 g/mol. The normalized spacial score (nSPS) is 11.5. The van der Waals surface area contributed by atoms with Crippen molar-refractivity contribution >= 4 is 17.6 Å². The maximum Gasteiger partial charge on any atom is 0.200 e. The summed E-state index contributed by atoms with van der Waals surface area (Å²) in [7, 11) is 0. The van der Waals surface area contributed by atoms with Crippen molar-refractivity contribution in [2.75, 3.05) is 0 Å². The second-order valence-electron chi connectivity index (χ2n) is 6.86. The Morgan fingerprint density at radius 3 is 1.13 bits per heavy atom. The van der Waals surface area contributed by atoms with Crippen LogP contribution in [0, 0.1) is 58.2 Å². The molecule has 0 amide bonds. The molecule has 0 heterocycles. The van der Waals surface area contributed by atoms with Crippen molar-refractivity contribution < 1.29 is 43.9 Å². The van der Waals surface area contributed by atoms with Gasteiger partial charge in [-0.05, 0) is 0 Å². The zero-order valence-corrected chi connectivity index (χ0v) is 15.3. The van der Waals surface area contributed by atoms with Gasteiger partial charge in [-0.1, -0.05) is 42.3 Å². The van der Waals surface area contributed by atoms with Crippen molar-refractivity contribution in [3.05, 3.63) is 94.1 Å². The van der Waals surface area contributed by atoms with Gasteiger partial charge < -0.3 is 0 Å². The molecular weight excluding hydrogens is 441 g/mol. The molecule has 3 aromatic rings. The van der Waals surface area contributed by atoms with Gasteiger partial charge in [0.2, 0.25) is 0 Å². The van der Waals surface area contributed by atoms with Crippen LogP contribution in [0.3, 0.4) is 0 Å². The Labute approximate surface area is 169 Å². The molecule has 0 N–H and O–H groups in total. The van der Waals surface area contributed by atoms with E-state index < -0.39 is 82.1 Å². The highest BCUT2D eigenvalue weighted by Gasteiger charge is 2.32. The van der Waals surface area contributed by atoms with Gasteiger partial charge in [0.25, 0.3) is 0 Å². The molecule has 0 bridgehead atoms. The molecule has 0 aliphatic heterocycles. The van der Waals surface area contributed by atoms with Crippen molar-refractivity contribution in [2.45, 2.75) is 12.7 Å². The fourth-order valence-corrected chi connectivity index (χ4v) is 3.61. The summed E-state index contributed by atoms with van der Waals surface area (Å²) in [5.41, 5.74) is -2.79. The lowest BCUT2D eigenvalue weighted by molar-refractivity contribution is 0.382. The summed E-state index contributed by atoms with van der Waals surface area (Å²) in [6.07, 6.45) is -0.861. The second-order valence-corrected chi connectivity index (χ2v) is 6.86. The van der Waals surface area contributed by atoms with Crippen molar-refractivity contribution in [2.24, 2.45) is 0 Å². The lowest BCUT2D eigenvalue weighted by Crippen LogP contribution is -2.51. The van der Waals surface area contributed by atoms with Crippen LogP contribution < -0.4 is 10.9 Å². The molecule has 0 saturated heterocycles. The van der Waals surface area contributed by atoms with Gasteiger partial charge in [-0.25, -0.2) is 43.9 Å². The molecule has 0 radical (unpaired) electrons. The Balaban J connectivity index is 2.29. The predicted molar refractivity (Wildman–Crippen MR) is 93.8 cm³/mol. The van der Waals surface area contributed by atoms with Gasteiger partial charge in [0.15, 0.2) is 34.9 Å². The lowest BCUT2D eigenvalue weighted by Gasteiger charge is -2.28. The Morgan fingerprint density at radius 2 is 0.774 bits per heavy atom. The van der Waals surface area contributed by atoms with E-state index in [1.807, 2.05) is 0 Å². The summed E-state index contributed by atoms with van der Waals surface area (Å²) in [5, 5.41) is 0. The summed E-state index contributed by atoms with van der Waals surface area (Å²) in [6, 6.07) is 7.66. The number of aryl methyl sites for hydroxylation is 1. The molecule has 31 heavy (non-hydrogen) atoms. The van der Waals surface area contributed by atoms with Gasteiger partial charge in [0, 0.05) is 0 Å². The SMILES string of the molecule is Fc1c(F)c(F)c([BH-](CCc2ccccc2)c2c(F)c(F)c(F)c(F)c2F)c(F)c1F. The molecule has 11 heteroatoms. The fraction of sp³-hybridized carbons (Fsp3) is 0.100. The molecule has 0 aliphatic rings. The number of halogens is 10. The third kappa shape index (κ3) is 3.88. The quantitative estimate of drug-likeness (QED) is 0.229. The van der Waals surface area contributed by atoms with E-state index in [9.17, 15) is 43.9 Å². The first-order valence-corrected chi connectivity index (χ1v) is 8.86. The van der Waals surface area contributed by atoms with Gasteiger partial charge >= 0.3 is 0 Å². The van der Waals surface area contributed by atoms with Crippen LogP contribution in [0.5, 0.6) is 0 Å². The number of hydrogen-bond acceptors (Lipinski definition) is 0. The van der Waals surface area contributed by atoms with Crippen LogP contribution >= 0.6 is 0 Å². The highest BCUT2D eigenvalue weighted by molar-refractivity contribution is 6.85. The minimum atomic E-state index is -3.49. The molecule has 0 atom stereocenters. The zero-order valence-electron chi connectivity index (χ0n) is 15.3. The molecule has 0 fully saturated rings. The van der Waals surface area contributed by atoms with E-state index in [2.05, 4.69) is 0 Å². The third-order valence-corrected chi connectivity index (χ3v) is 5.12. The van der Waals surface area contributed by atoms with E-state index in [0.717, 1.165) is 0 Å². The van der Waals surface area contributed by atoms with Gasteiger partial charge in [-0.3, -0.25) is 0 Å². The molecule has 164 valence electrons. The van der Waals surface area contributed by atoms with E-state index >= 15 is 0 Å². The topological polar surface area (TPSA) is 0 Å². The van der Waals surface area contributed by atoms with Crippen molar-refractivity contribution in [3.8, 4) is 0 Å². The van der Waals surface area contributed by atoms with Gasteiger partial charge in [0.05, 0.1) is 6.71 Å². The molecule has 0 saturated carbocycles. The summed E-state index contributed by atoms with van der Waals surface area (Å²) in [6.45, 7) is -3.49. The molecule has 0 unspecified atom stereocenters. The van der Waals surface area contributed by atoms with Crippen molar-refractivity contribution in [1.29, 1.82) is 0 Å². The molecule has 0 spiro atoms. The first kappa shape index (κ1) is 22.7. The first-order chi connectivity index (χ1) is 14.6. The van der Waals surface area contributed by atoms with Crippen molar-refractivity contribution in [1.82, 2.24) is 0 Å². The molecule has 3 aromatic carbocycles. The van der Waals surface area contributed by atoms with Gasteiger partial charge in [-0.2, -0.15) is 6.32 Å². The van der Waals surface area contributed by atoms with Crippen LogP contribution in [-0.2, 0) is 6.42 Å². The standard InChI is InChI=1S/C20H10BF10/c22-11-9(12(23)16(27)19(30)15(11)26)21(7-6-8-4-2-1-3-5-8)10-13(24)17(28)20(31)18(29)14(10)25/h1-5,21H,6-7H2/q-1. The van der Waals surface area contributed by atoms with Crippen LogP contribution in [0.2, 0.25) is 6.32 Å². The molecule has 0 aliphatic carbocycles. The second kappa shape index (κ2) is 8.64. The van der Waals surface area contributed by atoms with E-state index in [0.29, 0.717) is 5.56 Å². The maximum absolute atomic E-state index is 14.4. The Hall–Kier alpha value is -2.98. The van der Waals surface area contributed by atoms with Crippen molar-refractivity contribution in [3.63, 3.8) is 0 Å². The first-order valence-electron chi connectivity index (χ1n) is 8.86. The van der Waals surface area contributed by atoms with E-state index in [1.165, 1.54) is 24.3 Å². The molecule has 0 aromatic heterocycles. The molecular formula is C20H10BF10-. The lowest BCUT2D eigenvalue weighted by atomic mass is 9.37. The Kier molecular flexibility index (Phi) is 6.33. The predicted octanol–water partition coefficient (Wildman–Crippen LogP) is 4.66. The van der Waals surface area contributed by atoms with E-state index in [1.54, 1.807) is 6.07 Å². The Morgan fingerprint density at radius 1 is 0.452 bits per heavy atom. The largest absolute Gasteiger partial charge is 0.207 e. The minimum absolute atomic E-state index is 0.209. The average Bonchev–Trinajstić information content (AvgIpc) is 2.77. The highest BCUT2D eigenvalue weighted by atomic mass is 19.2. The summed E-state index contributed by atoms with van der Waals surface area (Å²) < 4.78 is 139. The fourth-order valence-electron chi connectivity index (χ4n) is 3.61. The van der Waals surface area contributed by atoms with Crippen LogP contribution in [0.15, 0.2) is 30.3 Å². The maximum atomic E-state index is 14.4. The third-order valence-electron chi connectivity index (χ3n) is 5.12. The number of hydrogen-bond donors (Lipinski definition) is 0. The van der Waals surface area contributed by atoms with Crippen LogP contribution in [0.4, 0.5) is 43.9 Å². The van der Waals surface area contributed by atoms with Gasteiger partial charge in [0.1, 0.15) is 23.3 Å². The van der Waals surface area contributed by atoms with Crippen LogP contribution in [0.1, 0.15) is 5.56 Å². The molecule has 0 nitrogen and oxygen atoms in total. The summed E-state index contributed by atoms with van der Waals surface area (Å²) in [4.78, 5) is 0. The molecule has 3 rings (SSSR count). The highest BCUT2D eigenvalue weighted by Crippen LogP contribution is 2.22. The summed E-state index contributed by atoms with van der Waals surface area (Å²) in [5.74, 6) is -24.2. The van der Waals surface area contributed by atoms with Crippen LogP contribution in [-0.4, -0.2) is 6.71 Å². The smallest absolute Gasteiger partial charge is 0.200 e. The average molecular weight is 451 g/mol. The van der Waals surface area contributed by atoms with E-state index in [4.69, 9.17) is 0 Å². The number of benzene rings is 3. The Bertz CT molecular complexity index is 1020. The minimum Gasteiger partial charge on any atom is -0.207 e. The zero-order chi connectivity index (χ0) is 23.0.